The van der Waals surface area contributed by atoms with Gasteiger partial charge in [-0.1, -0.05) is 18.2 Å². The van der Waals surface area contributed by atoms with Crippen LogP contribution in [0.4, 0.5) is 5.69 Å². The number of carboxylic acids is 1. The molecule has 0 fully saturated rings. The predicted molar refractivity (Wildman–Crippen MR) is 67.4 cm³/mol. The first-order chi connectivity index (χ1) is 7.61. The van der Waals surface area contributed by atoms with Crippen LogP contribution in [-0.2, 0) is 4.79 Å². The Morgan fingerprint density at radius 2 is 2.00 bits per heavy atom. The number of rotatable bonds is 5. The van der Waals surface area contributed by atoms with Gasteiger partial charge in [0.05, 0.1) is 0 Å². The number of benzene rings is 1. The van der Waals surface area contributed by atoms with Crippen molar-refractivity contribution in [2.45, 2.75) is 12.8 Å². The van der Waals surface area contributed by atoms with Crippen LogP contribution in [0, 0.1) is 0 Å². The van der Waals surface area contributed by atoms with E-state index in [1.807, 2.05) is 30.3 Å². The smallest absolute Gasteiger partial charge is 0.303 e. The van der Waals surface area contributed by atoms with E-state index in [2.05, 4.69) is 0 Å². The van der Waals surface area contributed by atoms with Crippen molar-refractivity contribution in [3.63, 3.8) is 0 Å². The Kier molecular flexibility index (Phi) is 4.72. The Morgan fingerprint density at radius 1 is 1.38 bits per heavy atom. The lowest BCUT2D eigenvalue weighted by atomic mass is 10.2. The fourth-order valence-electron chi connectivity index (χ4n) is 1.36. The Labute approximate surface area is 99.7 Å². The van der Waals surface area contributed by atoms with E-state index in [0.717, 1.165) is 5.69 Å². The standard InChI is InChI=1S/C11H14N2O2S/c12-11(16)13(8-4-7-10(14)15)9-5-2-1-3-6-9/h1-3,5-6H,4,7-8H2,(H2,12,16)(H,14,15). The number of hydrogen-bond acceptors (Lipinski definition) is 2. The molecule has 0 bridgehead atoms. The maximum atomic E-state index is 10.4. The predicted octanol–water partition coefficient (Wildman–Crippen LogP) is 1.60. The summed E-state index contributed by atoms with van der Waals surface area (Å²) in [5.41, 5.74) is 6.48. The van der Waals surface area contributed by atoms with Gasteiger partial charge in [0.2, 0.25) is 0 Å². The molecule has 0 unspecified atom stereocenters. The molecule has 0 saturated carbocycles. The van der Waals surface area contributed by atoms with Crippen molar-refractivity contribution in [3.8, 4) is 0 Å². The number of carboxylic acid groups (broad SMARTS) is 1. The Hall–Kier alpha value is -1.62. The molecule has 0 radical (unpaired) electrons. The topological polar surface area (TPSA) is 66.6 Å². The van der Waals surface area contributed by atoms with E-state index < -0.39 is 5.97 Å². The zero-order chi connectivity index (χ0) is 12.0. The van der Waals surface area contributed by atoms with Crippen molar-refractivity contribution in [2.75, 3.05) is 11.4 Å². The van der Waals surface area contributed by atoms with Crippen LogP contribution < -0.4 is 10.6 Å². The summed E-state index contributed by atoms with van der Waals surface area (Å²) in [6.07, 6.45) is 0.632. The average Bonchev–Trinajstić information content (AvgIpc) is 2.25. The minimum Gasteiger partial charge on any atom is -0.481 e. The molecule has 4 nitrogen and oxygen atoms in total. The van der Waals surface area contributed by atoms with Gasteiger partial charge in [0, 0.05) is 18.7 Å². The maximum absolute atomic E-state index is 10.4. The third-order valence-corrected chi connectivity index (χ3v) is 2.33. The van der Waals surface area contributed by atoms with Crippen LogP contribution in [0.2, 0.25) is 0 Å². The lowest BCUT2D eigenvalue weighted by molar-refractivity contribution is -0.137. The molecule has 86 valence electrons. The van der Waals surface area contributed by atoms with E-state index in [0.29, 0.717) is 13.0 Å². The molecule has 0 aliphatic carbocycles. The summed E-state index contributed by atoms with van der Waals surface area (Å²) in [5.74, 6) is -0.809. The summed E-state index contributed by atoms with van der Waals surface area (Å²) < 4.78 is 0. The largest absolute Gasteiger partial charge is 0.481 e. The summed E-state index contributed by atoms with van der Waals surface area (Å²) in [6, 6.07) is 9.45. The quantitative estimate of drug-likeness (QED) is 0.763. The maximum Gasteiger partial charge on any atom is 0.303 e. The second kappa shape index (κ2) is 6.07. The van der Waals surface area contributed by atoms with Crippen molar-refractivity contribution in [1.29, 1.82) is 0 Å². The van der Waals surface area contributed by atoms with Crippen molar-refractivity contribution >= 4 is 29.0 Å². The normalized spacial score (nSPS) is 9.75. The molecule has 0 heterocycles. The number of carbonyl (C=O) groups is 1. The number of para-hydroxylation sites is 1. The van der Waals surface area contributed by atoms with Crippen molar-refractivity contribution < 1.29 is 9.90 Å². The molecule has 0 atom stereocenters. The van der Waals surface area contributed by atoms with Gasteiger partial charge < -0.3 is 15.7 Å². The van der Waals surface area contributed by atoms with Gasteiger partial charge in [0.1, 0.15) is 0 Å². The summed E-state index contributed by atoms with van der Waals surface area (Å²) >= 11 is 4.93. The van der Waals surface area contributed by atoms with Gasteiger partial charge in [-0.25, -0.2) is 0 Å². The third kappa shape index (κ3) is 3.86. The molecule has 5 heteroatoms. The fourth-order valence-corrected chi connectivity index (χ4v) is 1.56. The van der Waals surface area contributed by atoms with Crippen molar-refractivity contribution in [3.05, 3.63) is 30.3 Å². The van der Waals surface area contributed by atoms with E-state index >= 15 is 0 Å². The van der Waals surface area contributed by atoms with Gasteiger partial charge in [0.25, 0.3) is 0 Å². The van der Waals surface area contributed by atoms with Crippen LogP contribution in [0.3, 0.4) is 0 Å². The van der Waals surface area contributed by atoms with Crippen LogP contribution in [0.25, 0.3) is 0 Å². The highest BCUT2D eigenvalue weighted by molar-refractivity contribution is 7.80. The fraction of sp³-hybridized carbons (Fsp3) is 0.273. The Bertz CT molecular complexity index is 368. The van der Waals surface area contributed by atoms with E-state index in [9.17, 15) is 4.79 Å². The number of nitrogens with two attached hydrogens (primary N) is 1. The molecule has 0 aromatic heterocycles. The molecule has 1 aromatic carbocycles. The molecule has 0 amide bonds. The van der Waals surface area contributed by atoms with E-state index in [4.69, 9.17) is 23.1 Å². The first kappa shape index (κ1) is 12.4. The van der Waals surface area contributed by atoms with Crippen LogP contribution >= 0.6 is 12.2 Å². The van der Waals surface area contributed by atoms with Crippen LogP contribution in [0.5, 0.6) is 0 Å². The first-order valence-corrected chi connectivity index (χ1v) is 5.36. The zero-order valence-corrected chi connectivity index (χ0v) is 9.61. The number of nitrogens with zero attached hydrogens (tertiary/aromatic N) is 1. The molecule has 1 rings (SSSR count). The van der Waals surface area contributed by atoms with E-state index in [1.165, 1.54) is 0 Å². The SMILES string of the molecule is NC(=S)N(CCCC(=O)O)c1ccccc1. The molecule has 0 aliphatic heterocycles. The van der Waals surface area contributed by atoms with Crippen LogP contribution in [0.1, 0.15) is 12.8 Å². The Morgan fingerprint density at radius 3 is 2.50 bits per heavy atom. The summed E-state index contributed by atoms with van der Waals surface area (Å²) in [4.78, 5) is 12.1. The van der Waals surface area contributed by atoms with Crippen molar-refractivity contribution in [1.82, 2.24) is 0 Å². The van der Waals surface area contributed by atoms with Crippen LogP contribution in [0.15, 0.2) is 30.3 Å². The highest BCUT2D eigenvalue weighted by Gasteiger charge is 2.09. The van der Waals surface area contributed by atoms with Gasteiger partial charge >= 0.3 is 5.97 Å². The molecule has 3 N–H and O–H groups in total. The van der Waals surface area contributed by atoms with E-state index in [-0.39, 0.29) is 11.5 Å². The second-order valence-electron chi connectivity index (χ2n) is 3.32. The minimum atomic E-state index is -0.809. The minimum absolute atomic E-state index is 0.117. The van der Waals surface area contributed by atoms with E-state index in [1.54, 1.807) is 4.90 Å². The van der Waals surface area contributed by atoms with Gasteiger partial charge in [-0.2, -0.15) is 0 Å². The molecular formula is C11H14N2O2S. The lowest BCUT2D eigenvalue weighted by Gasteiger charge is -2.22. The molecule has 0 spiro atoms. The van der Waals surface area contributed by atoms with Crippen molar-refractivity contribution in [2.24, 2.45) is 5.73 Å². The summed E-state index contributed by atoms with van der Waals surface area (Å²) in [7, 11) is 0. The molecule has 0 saturated heterocycles. The average molecular weight is 238 g/mol. The molecule has 1 aromatic rings. The molecule has 16 heavy (non-hydrogen) atoms. The zero-order valence-electron chi connectivity index (χ0n) is 8.80. The summed E-state index contributed by atoms with van der Waals surface area (Å²) in [5, 5.41) is 8.81. The number of hydrogen-bond donors (Lipinski definition) is 2. The highest BCUT2D eigenvalue weighted by Crippen LogP contribution is 2.13. The van der Waals surface area contributed by atoms with Gasteiger partial charge in [0.15, 0.2) is 5.11 Å². The molecular weight excluding hydrogens is 224 g/mol. The highest BCUT2D eigenvalue weighted by atomic mass is 32.1. The monoisotopic (exact) mass is 238 g/mol. The number of thiocarbonyl (C=S) groups is 1. The van der Waals surface area contributed by atoms with Gasteiger partial charge in [-0.3, -0.25) is 4.79 Å². The van der Waals surface area contributed by atoms with Crippen LogP contribution in [-0.4, -0.2) is 22.7 Å². The first-order valence-electron chi connectivity index (χ1n) is 4.95. The lowest BCUT2D eigenvalue weighted by Crippen LogP contribution is -2.36. The van der Waals surface area contributed by atoms with Gasteiger partial charge in [-0.05, 0) is 30.8 Å². The second-order valence-corrected chi connectivity index (χ2v) is 3.74. The summed E-state index contributed by atoms with van der Waals surface area (Å²) in [6.45, 7) is 0.519. The third-order valence-electron chi connectivity index (χ3n) is 2.11. The molecule has 0 aliphatic rings. The number of anilines is 1. The Balaban J connectivity index is 2.62. The number of aliphatic carboxylic acids is 1. The van der Waals surface area contributed by atoms with Gasteiger partial charge in [-0.15, -0.1) is 0 Å².